The van der Waals surface area contributed by atoms with E-state index < -0.39 is 6.09 Å². The molecule has 15 heteroatoms. The van der Waals surface area contributed by atoms with Gasteiger partial charge in [-0.25, -0.2) is 19.7 Å². The summed E-state index contributed by atoms with van der Waals surface area (Å²) in [6, 6.07) is 3.45. The largest absolute Gasteiger partial charge is 0.476 e. The van der Waals surface area contributed by atoms with Crippen LogP contribution < -0.4 is 25.8 Å². The van der Waals surface area contributed by atoms with Crippen LogP contribution in [0.3, 0.4) is 0 Å². The number of thioether (sulfide) groups is 2. The zero-order valence-electron chi connectivity index (χ0n) is 18.5. The summed E-state index contributed by atoms with van der Waals surface area (Å²) in [5.74, 6) is 1.75. The maximum Gasteiger partial charge on any atom is 0.416 e. The van der Waals surface area contributed by atoms with Crippen molar-refractivity contribution in [3.63, 3.8) is 0 Å². The fraction of sp³-hybridized carbons (Fsp3) is 0.350. The third-order valence-electron chi connectivity index (χ3n) is 5.08. The van der Waals surface area contributed by atoms with Crippen LogP contribution in [0.2, 0.25) is 0 Å². The molecule has 2 amide bonds. The highest BCUT2D eigenvalue weighted by Gasteiger charge is 2.34. The van der Waals surface area contributed by atoms with Crippen molar-refractivity contribution < 1.29 is 19.1 Å². The van der Waals surface area contributed by atoms with E-state index >= 15 is 0 Å². The number of aromatic nitrogens is 5. The molecule has 182 valence electrons. The lowest BCUT2D eigenvalue weighted by Crippen LogP contribution is -2.27. The molecule has 3 aromatic rings. The van der Waals surface area contributed by atoms with Crippen LogP contribution in [0.1, 0.15) is 0 Å². The molecule has 1 unspecified atom stereocenters. The van der Waals surface area contributed by atoms with Gasteiger partial charge in [0.05, 0.1) is 24.7 Å². The zero-order chi connectivity index (χ0) is 24.4. The number of anilines is 2. The van der Waals surface area contributed by atoms with E-state index in [1.165, 1.54) is 45.4 Å². The van der Waals surface area contributed by atoms with E-state index in [0.717, 1.165) is 0 Å². The third kappa shape index (κ3) is 5.16. The minimum absolute atomic E-state index is 0.152. The number of amides is 2. The third-order valence-corrected chi connectivity index (χ3v) is 7.04. The van der Waals surface area contributed by atoms with Gasteiger partial charge in [0.1, 0.15) is 17.1 Å². The number of cyclic esters (lactones) is 1. The molecular formula is C20H20N8O5S2. The van der Waals surface area contributed by atoms with Crippen LogP contribution in [0.15, 0.2) is 34.3 Å². The molecule has 2 aliphatic heterocycles. The predicted octanol–water partition coefficient (Wildman–Crippen LogP) is 0.805. The van der Waals surface area contributed by atoms with Gasteiger partial charge in [0, 0.05) is 25.5 Å². The van der Waals surface area contributed by atoms with Crippen LogP contribution in [-0.2, 0) is 16.6 Å². The van der Waals surface area contributed by atoms with Gasteiger partial charge in [-0.15, -0.1) is 11.8 Å². The first-order valence-corrected chi connectivity index (χ1v) is 12.6. The van der Waals surface area contributed by atoms with Crippen molar-refractivity contribution >= 4 is 58.3 Å². The fourth-order valence-electron chi connectivity index (χ4n) is 3.32. The molecule has 35 heavy (non-hydrogen) atoms. The van der Waals surface area contributed by atoms with Crippen molar-refractivity contribution in [2.75, 3.05) is 41.5 Å². The number of nitrogens with one attached hydrogen (secondary N) is 2. The monoisotopic (exact) mass is 516 g/mol. The molecule has 1 fully saturated rings. The van der Waals surface area contributed by atoms with Gasteiger partial charge >= 0.3 is 6.09 Å². The SMILES string of the molecule is Cn1c(=O)cnc2ccc(OCCNCSC3CN(c4cnc5c(n4)NC(=O)CS5)C(=O)O3)nc21. The Morgan fingerprint density at radius 1 is 1.26 bits per heavy atom. The molecule has 0 aliphatic carbocycles. The Morgan fingerprint density at radius 3 is 3.03 bits per heavy atom. The summed E-state index contributed by atoms with van der Waals surface area (Å²) < 4.78 is 12.5. The Balaban J connectivity index is 1.07. The lowest BCUT2D eigenvalue weighted by atomic mass is 10.4. The highest BCUT2D eigenvalue weighted by molar-refractivity contribution is 8.00. The van der Waals surface area contributed by atoms with Crippen molar-refractivity contribution in [2.45, 2.75) is 10.5 Å². The second-order valence-electron chi connectivity index (χ2n) is 7.45. The smallest absolute Gasteiger partial charge is 0.416 e. The van der Waals surface area contributed by atoms with Crippen LogP contribution in [0.5, 0.6) is 5.88 Å². The number of aryl methyl sites for hydroxylation is 1. The number of carbonyl (C=O) groups excluding carboxylic acids is 2. The van der Waals surface area contributed by atoms with E-state index in [-0.39, 0.29) is 16.9 Å². The Kier molecular flexibility index (Phi) is 6.70. The standard InChI is InChI=1S/C20H20N8O5S2/c1-27-15(30)7-22-11-2-3-14(26-18(11)27)32-5-4-21-10-35-16-8-28(20(31)33-16)12-6-23-19-17(24-12)25-13(29)9-34-19/h2-3,6-7,16,21H,4-5,8-10H2,1H3,(H,24,25,29). The lowest BCUT2D eigenvalue weighted by molar-refractivity contribution is -0.113. The minimum Gasteiger partial charge on any atom is -0.476 e. The summed E-state index contributed by atoms with van der Waals surface area (Å²) in [7, 11) is 1.63. The molecule has 1 atom stereocenters. The molecule has 3 aromatic heterocycles. The Hall–Kier alpha value is -3.43. The summed E-state index contributed by atoms with van der Waals surface area (Å²) in [5, 5.41) is 6.50. The molecule has 0 bridgehead atoms. The summed E-state index contributed by atoms with van der Waals surface area (Å²) in [6.45, 7) is 1.21. The normalized spacial score (nSPS) is 17.3. The number of ether oxygens (including phenoxy) is 2. The maximum atomic E-state index is 12.3. The second-order valence-corrected chi connectivity index (χ2v) is 9.56. The van der Waals surface area contributed by atoms with Gasteiger partial charge in [-0.2, -0.15) is 4.98 Å². The first-order valence-electron chi connectivity index (χ1n) is 10.5. The molecule has 0 aromatic carbocycles. The average Bonchev–Trinajstić information content (AvgIpc) is 3.23. The van der Waals surface area contributed by atoms with E-state index in [9.17, 15) is 14.4 Å². The van der Waals surface area contributed by atoms with E-state index in [2.05, 4.69) is 30.6 Å². The van der Waals surface area contributed by atoms with E-state index in [4.69, 9.17) is 9.47 Å². The fourth-order valence-corrected chi connectivity index (χ4v) is 4.87. The van der Waals surface area contributed by atoms with Crippen LogP contribution >= 0.6 is 23.5 Å². The number of rotatable bonds is 8. The topological polar surface area (TPSA) is 153 Å². The Bertz CT molecular complexity index is 1350. The first-order chi connectivity index (χ1) is 17.0. The lowest BCUT2D eigenvalue weighted by Gasteiger charge is -2.17. The molecule has 2 N–H and O–H groups in total. The number of pyridine rings is 1. The van der Waals surface area contributed by atoms with E-state index in [0.29, 0.717) is 65.0 Å². The van der Waals surface area contributed by atoms with Crippen LogP contribution in [-0.4, -0.2) is 73.3 Å². The van der Waals surface area contributed by atoms with Gasteiger partial charge in [0.15, 0.2) is 22.7 Å². The molecule has 5 rings (SSSR count). The van der Waals surface area contributed by atoms with Gasteiger partial charge < -0.3 is 20.1 Å². The van der Waals surface area contributed by atoms with Crippen molar-refractivity contribution in [3.05, 3.63) is 34.9 Å². The van der Waals surface area contributed by atoms with Crippen LogP contribution in [0.4, 0.5) is 16.4 Å². The van der Waals surface area contributed by atoms with Crippen molar-refractivity contribution in [2.24, 2.45) is 7.05 Å². The van der Waals surface area contributed by atoms with Gasteiger partial charge in [0.2, 0.25) is 11.8 Å². The summed E-state index contributed by atoms with van der Waals surface area (Å²) in [4.78, 5) is 54.0. The molecular weight excluding hydrogens is 496 g/mol. The van der Waals surface area contributed by atoms with Crippen molar-refractivity contribution in [3.8, 4) is 5.88 Å². The predicted molar refractivity (Wildman–Crippen MR) is 130 cm³/mol. The average molecular weight is 517 g/mol. The second kappa shape index (κ2) is 10.1. The van der Waals surface area contributed by atoms with Crippen molar-refractivity contribution in [1.29, 1.82) is 0 Å². The summed E-state index contributed by atoms with van der Waals surface area (Å²) in [5.41, 5.74) is 0.445. The quantitative estimate of drug-likeness (QED) is 0.322. The van der Waals surface area contributed by atoms with Gasteiger partial charge in [-0.1, -0.05) is 11.8 Å². The molecule has 0 saturated carbocycles. The molecule has 5 heterocycles. The molecule has 13 nitrogen and oxygen atoms in total. The highest BCUT2D eigenvalue weighted by atomic mass is 32.2. The number of nitrogens with zero attached hydrogens (tertiary/aromatic N) is 6. The number of hydrogen-bond donors (Lipinski definition) is 2. The molecule has 2 aliphatic rings. The van der Waals surface area contributed by atoms with Gasteiger partial charge in [-0.3, -0.25) is 19.1 Å². The van der Waals surface area contributed by atoms with Crippen molar-refractivity contribution in [1.82, 2.24) is 29.8 Å². The van der Waals surface area contributed by atoms with E-state index in [1.54, 1.807) is 19.2 Å². The molecule has 0 radical (unpaired) electrons. The number of fused-ring (bicyclic) bond motifs is 2. The maximum absolute atomic E-state index is 12.3. The molecule has 0 spiro atoms. The zero-order valence-corrected chi connectivity index (χ0v) is 20.1. The number of carbonyl (C=O) groups is 2. The molecule has 1 saturated heterocycles. The van der Waals surface area contributed by atoms with E-state index in [1.807, 2.05) is 0 Å². The van der Waals surface area contributed by atoms with Gasteiger partial charge in [-0.05, 0) is 6.07 Å². The van der Waals surface area contributed by atoms with Crippen LogP contribution in [0, 0.1) is 0 Å². The number of hydrogen-bond acceptors (Lipinski definition) is 12. The Morgan fingerprint density at radius 2 is 2.14 bits per heavy atom. The highest BCUT2D eigenvalue weighted by Crippen LogP contribution is 2.31. The first kappa shape index (κ1) is 23.3. The summed E-state index contributed by atoms with van der Waals surface area (Å²) in [6.07, 6.45) is 2.24. The van der Waals surface area contributed by atoms with Gasteiger partial charge in [0.25, 0.3) is 5.56 Å². The Labute approximate surface area is 207 Å². The van der Waals surface area contributed by atoms with Crippen LogP contribution in [0.25, 0.3) is 11.2 Å². The summed E-state index contributed by atoms with van der Waals surface area (Å²) >= 11 is 2.74. The minimum atomic E-state index is -0.513.